The third kappa shape index (κ3) is 5.10. The fourth-order valence-corrected chi connectivity index (χ4v) is 6.02. The molecule has 2 heteroatoms. The van der Waals surface area contributed by atoms with E-state index < -0.39 is 0 Å². The second kappa shape index (κ2) is 11.3. The van der Waals surface area contributed by atoms with Gasteiger partial charge in [0, 0.05) is 23.4 Å². The fraction of sp³-hybridized carbons (Fsp3) is 0.128. The number of nitrogens with zero attached hydrogens (tertiary/aromatic N) is 1. The van der Waals surface area contributed by atoms with Crippen molar-refractivity contribution in [3.05, 3.63) is 139 Å². The van der Waals surface area contributed by atoms with Gasteiger partial charge in [-0.05, 0) is 93.4 Å². The molecule has 0 aliphatic carbocycles. The average molecular weight is 531 g/mol. The number of fused-ring (bicyclic) bond motifs is 2. The van der Waals surface area contributed by atoms with Crippen LogP contribution in [0.4, 0.5) is 0 Å². The summed E-state index contributed by atoms with van der Waals surface area (Å²) in [4.78, 5) is 4.58. The van der Waals surface area contributed by atoms with E-state index in [-0.39, 0.29) is 0 Å². The Kier molecular flexibility index (Phi) is 7.31. The first-order chi connectivity index (χ1) is 20.0. The van der Waals surface area contributed by atoms with Gasteiger partial charge in [0.1, 0.15) is 0 Å². The first-order valence-corrected chi connectivity index (χ1v) is 14.3. The summed E-state index contributed by atoms with van der Waals surface area (Å²) < 4.78 is 0. The summed E-state index contributed by atoms with van der Waals surface area (Å²) in [6.45, 7) is 6.20. The van der Waals surface area contributed by atoms with E-state index in [1.807, 2.05) is 31.3 Å². The molecular formula is C39H34N2. The van der Waals surface area contributed by atoms with Gasteiger partial charge in [0.15, 0.2) is 0 Å². The number of hydrogen-bond donors (Lipinski definition) is 1. The van der Waals surface area contributed by atoms with E-state index in [9.17, 15) is 0 Å². The van der Waals surface area contributed by atoms with Crippen LogP contribution < -0.4 is 0 Å². The molecule has 1 N–H and O–H groups in total. The van der Waals surface area contributed by atoms with E-state index in [2.05, 4.69) is 122 Å². The summed E-state index contributed by atoms with van der Waals surface area (Å²) in [6.07, 6.45) is 6.91. The van der Waals surface area contributed by atoms with Gasteiger partial charge in [-0.1, -0.05) is 110 Å². The summed E-state index contributed by atoms with van der Waals surface area (Å²) in [6, 6.07) is 39.5. The zero-order valence-electron chi connectivity index (χ0n) is 23.9. The van der Waals surface area contributed by atoms with E-state index in [0.717, 1.165) is 17.7 Å². The molecule has 2 nitrogen and oxygen atoms in total. The third-order valence-corrected chi connectivity index (χ3v) is 8.03. The van der Waals surface area contributed by atoms with Crippen LogP contribution in [0.3, 0.4) is 0 Å². The highest BCUT2D eigenvalue weighted by molar-refractivity contribution is 6.21. The van der Waals surface area contributed by atoms with Crippen LogP contribution in [0.25, 0.3) is 55.1 Å². The lowest BCUT2D eigenvalue weighted by molar-refractivity contribution is 0.806. The number of nitrogens with one attached hydrogen (secondary N) is 1. The van der Waals surface area contributed by atoms with Gasteiger partial charge in [-0.3, -0.25) is 4.98 Å². The van der Waals surface area contributed by atoms with Crippen molar-refractivity contribution in [2.24, 2.45) is 0 Å². The fourth-order valence-electron chi connectivity index (χ4n) is 6.02. The van der Waals surface area contributed by atoms with E-state index >= 15 is 0 Å². The first-order valence-electron chi connectivity index (χ1n) is 14.3. The largest absolute Gasteiger partial charge is 0.306 e. The summed E-state index contributed by atoms with van der Waals surface area (Å²) in [5, 5.41) is 12.8. The molecule has 0 bridgehead atoms. The third-order valence-electron chi connectivity index (χ3n) is 8.03. The molecule has 0 fully saturated rings. The van der Waals surface area contributed by atoms with E-state index in [0.29, 0.717) is 11.6 Å². The van der Waals surface area contributed by atoms with Gasteiger partial charge in [-0.15, -0.1) is 0 Å². The average Bonchev–Trinajstić information content (AvgIpc) is 3.01. The Morgan fingerprint density at radius 2 is 1.29 bits per heavy atom. The van der Waals surface area contributed by atoms with E-state index in [1.165, 1.54) is 54.9 Å². The SMILES string of the molecule is CCC(/C=C\C(C)=N)c1ccc(-c2c3ccccc3c(-c3ccc(-c4ccccn4)c(C)c3)c3ccccc23)cc1. The molecule has 200 valence electrons. The highest BCUT2D eigenvalue weighted by Crippen LogP contribution is 2.44. The van der Waals surface area contributed by atoms with Crippen LogP contribution in [0, 0.1) is 12.3 Å². The number of benzene rings is 5. The van der Waals surface area contributed by atoms with Crippen molar-refractivity contribution in [2.45, 2.75) is 33.1 Å². The first kappa shape index (κ1) is 26.4. The minimum Gasteiger partial charge on any atom is -0.306 e. The molecule has 0 aliphatic heterocycles. The van der Waals surface area contributed by atoms with E-state index in [1.54, 1.807) is 0 Å². The smallest absolute Gasteiger partial charge is 0.0704 e. The number of aromatic nitrogens is 1. The summed E-state index contributed by atoms with van der Waals surface area (Å²) in [5.74, 6) is 0.303. The Labute approximate surface area is 242 Å². The number of hydrogen-bond acceptors (Lipinski definition) is 2. The summed E-state index contributed by atoms with van der Waals surface area (Å²) in [7, 11) is 0. The van der Waals surface area contributed by atoms with Crippen LogP contribution in [0.5, 0.6) is 0 Å². The van der Waals surface area contributed by atoms with Crippen LogP contribution in [0.15, 0.2) is 128 Å². The number of aryl methyl sites for hydroxylation is 1. The van der Waals surface area contributed by atoms with Gasteiger partial charge in [-0.25, -0.2) is 0 Å². The normalized spacial score (nSPS) is 12.3. The molecule has 0 amide bonds. The predicted molar refractivity (Wildman–Crippen MR) is 176 cm³/mol. The van der Waals surface area contributed by atoms with Crippen LogP contribution >= 0.6 is 0 Å². The maximum absolute atomic E-state index is 7.78. The molecule has 0 spiro atoms. The number of allylic oxidation sites excluding steroid dienone is 2. The molecule has 6 rings (SSSR count). The second-order valence-electron chi connectivity index (χ2n) is 10.8. The topological polar surface area (TPSA) is 36.7 Å². The molecule has 1 atom stereocenters. The van der Waals surface area contributed by atoms with E-state index in [4.69, 9.17) is 5.41 Å². The van der Waals surface area contributed by atoms with Gasteiger partial charge < -0.3 is 5.41 Å². The predicted octanol–water partition coefficient (Wildman–Crippen LogP) is 10.8. The van der Waals surface area contributed by atoms with Crippen LogP contribution in [0.1, 0.15) is 37.3 Å². The summed E-state index contributed by atoms with van der Waals surface area (Å²) >= 11 is 0. The Hall–Kier alpha value is -4.82. The van der Waals surface area contributed by atoms with Crippen LogP contribution in [-0.4, -0.2) is 10.7 Å². The van der Waals surface area contributed by atoms with Gasteiger partial charge >= 0.3 is 0 Å². The molecule has 41 heavy (non-hydrogen) atoms. The van der Waals surface area contributed by atoms with Gasteiger partial charge in [0.05, 0.1) is 5.69 Å². The zero-order chi connectivity index (χ0) is 28.3. The van der Waals surface area contributed by atoms with Gasteiger partial charge in [0.25, 0.3) is 0 Å². The Balaban J connectivity index is 1.53. The second-order valence-corrected chi connectivity index (χ2v) is 10.8. The molecule has 1 unspecified atom stereocenters. The van der Waals surface area contributed by atoms with Crippen molar-refractivity contribution in [1.29, 1.82) is 5.41 Å². The standard InChI is InChI=1S/C39H34N2/c1-4-28(17-16-27(3)40)29-18-20-30(21-19-29)38-33-11-5-7-13-35(33)39(36-14-8-6-12-34(36)38)31-22-23-32(26(2)25-31)37-15-9-10-24-41-37/h5-25,28,40H,4H2,1-3H3/b17-16-,40-27?. The Morgan fingerprint density at radius 1 is 0.732 bits per heavy atom. The van der Waals surface area contributed by atoms with Gasteiger partial charge in [-0.2, -0.15) is 0 Å². The van der Waals surface area contributed by atoms with Crippen molar-refractivity contribution in [3.63, 3.8) is 0 Å². The molecule has 1 heterocycles. The minimum absolute atomic E-state index is 0.303. The Morgan fingerprint density at radius 3 is 1.80 bits per heavy atom. The molecular weight excluding hydrogens is 496 g/mol. The molecule has 5 aromatic carbocycles. The molecule has 0 radical (unpaired) electrons. The van der Waals surface area contributed by atoms with Crippen molar-refractivity contribution in [2.75, 3.05) is 0 Å². The van der Waals surface area contributed by atoms with Crippen molar-refractivity contribution >= 4 is 27.3 Å². The number of rotatable bonds is 7. The molecule has 0 aliphatic rings. The highest BCUT2D eigenvalue weighted by atomic mass is 14.7. The lowest BCUT2D eigenvalue weighted by atomic mass is 9.84. The monoisotopic (exact) mass is 530 g/mol. The maximum atomic E-state index is 7.78. The van der Waals surface area contributed by atoms with Crippen LogP contribution in [0.2, 0.25) is 0 Å². The minimum atomic E-state index is 0.303. The molecule has 0 saturated heterocycles. The maximum Gasteiger partial charge on any atom is 0.0704 e. The van der Waals surface area contributed by atoms with Crippen molar-refractivity contribution in [1.82, 2.24) is 4.98 Å². The van der Waals surface area contributed by atoms with Gasteiger partial charge in [0.2, 0.25) is 0 Å². The lowest BCUT2D eigenvalue weighted by Gasteiger charge is -2.19. The molecule has 0 saturated carbocycles. The molecule has 6 aromatic rings. The van der Waals surface area contributed by atoms with Crippen molar-refractivity contribution in [3.8, 4) is 33.5 Å². The lowest BCUT2D eigenvalue weighted by Crippen LogP contribution is -1.95. The van der Waals surface area contributed by atoms with Crippen LogP contribution in [-0.2, 0) is 0 Å². The summed E-state index contributed by atoms with van der Waals surface area (Å²) in [5.41, 5.74) is 10.2. The highest BCUT2D eigenvalue weighted by Gasteiger charge is 2.17. The van der Waals surface area contributed by atoms with Crippen molar-refractivity contribution < 1.29 is 0 Å². The number of pyridine rings is 1. The zero-order valence-corrected chi connectivity index (χ0v) is 23.9. The Bertz CT molecular complexity index is 1840. The quantitative estimate of drug-likeness (QED) is 0.162. The molecule has 1 aromatic heterocycles.